The average Bonchev–Trinajstić information content (AvgIpc) is 2.85. The van der Waals surface area contributed by atoms with Crippen molar-refractivity contribution in [3.05, 3.63) is 37.4 Å². The Bertz CT molecular complexity index is 565. The number of nitrogens with zero attached hydrogens (tertiary/aromatic N) is 3. The van der Waals surface area contributed by atoms with Crippen molar-refractivity contribution in [2.45, 2.75) is 18.9 Å². The van der Waals surface area contributed by atoms with Gasteiger partial charge in [-0.2, -0.15) is 0 Å². The van der Waals surface area contributed by atoms with Gasteiger partial charge in [0.15, 0.2) is 0 Å². The number of halogens is 1. The Morgan fingerprint density at radius 1 is 1.30 bits per heavy atom. The van der Waals surface area contributed by atoms with Crippen LogP contribution >= 0.6 is 11.6 Å². The predicted octanol–water partition coefficient (Wildman–Crippen LogP) is 2.12. The number of aliphatic hydroxyl groups is 1. The summed E-state index contributed by atoms with van der Waals surface area (Å²) >= 11 is 5.82. The van der Waals surface area contributed by atoms with Crippen LogP contribution in [0.25, 0.3) is 0 Å². The van der Waals surface area contributed by atoms with Crippen LogP contribution in [-0.4, -0.2) is 34.1 Å². The van der Waals surface area contributed by atoms with Crippen LogP contribution in [0.2, 0.25) is 5.02 Å². The molecule has 0 spiro atoms. The topological polar surface area (TPSA) is 110 Å². The second-order valence-corrected chi connectivity index (χ2v) is 4.89. The van der Waals surface area contributed by atoms with Crippen molar-refractivity contribution in [3.63, 3.8) is 0 Å². The van der Waals surface area contributed by atoms with Gasteiger partial charge in [-0.1, -0.05) is 11.6 Å². The molecule has 108 valence electrons. The average molecular weight is 302 g/mol. The van der Waals surface area contributed by atoms with Gasteiger partial charge >= 0.3 is 0 Å². The maximum Gasteiger partial charge on any atom is 0.299 e. The van der Waals surface area contributed by atoms with Gasteiger partial charge in [0.2, 0.25) is 0 Å². The van der Waals surface area contributed by atoms with E-state index in [0.717, 1.165) is 12.5 Å². The van der Waals surface area contributed by atoms with E-state index in [-0.39, 0.29) is 29.0 Å². The molecule has 1 aromatic carbocycles. The highest BCUT2D eigenvalue weighted by atomic mass is 35.5. The fraction of sp³-hybridized carbons (Fsp3) is 0.455. The molecule has 8 nitrogen and oxygen atoms in total. The van der Waals surface area contributed by atoms with Gasteiger partial charge in [0.1, 0.15) is 10.7 Å². The first-order valence-electron chi connectivity index (χ1n) is 5.95. The molecule has 1 N–H and O–H groups in total. The Kier molecular flexibility index (Phi) is 4.05. The molecular formula is C11H12ClN3O5. The third-order valence-corrected chi connectivity index (χ3v) is 3.64. The van der Waals surface area contributed by atoms with E-state index in [2.05, 4.69) is 0 Å². The molecule has 1 atom stereocenters. The summed E-state index contributed by atoms with van der Waals surface area (Å²) in [5.41, 5.74) is -0.662. The molecular weight excluding hydrogens is 290 g/mol. The van der Waals surface area contributed by atoms with Crippen LogP contribution in [0.4, 0.5) is 17.1 Å². The number of benzene rings is 1. The number of anilines is 1. The lowest BCUT2D eigenvalue weighted by atomic mass is 10.2. The van der Waals surface area contributed by atoms with Gasteiger partial charge in [-0.3, -0.25) is 20.2 Å². The van der Waals surface area contributed by atoms with Crippen LogP contribution in [0.3, 0.4) is 0 Å². The molecule has 0 aliphatic carbocycles. The van der Waals surface area contributed by atoms with Gasteiger partial charge in [0.25, 0.3) is 11.4 Å². The molecule has 1 saturated heterocycles. The van der Waals surface area contributed by atoms with Gasteiger partial charge in [-0.25, -0.2) is 0 Å². The molecule has 0 bridgehead atoms. The van der Waals surface area contributed by atoms with Crippen LogP contribution in [0.1, 0.15) is 12.8 Å². The van der Waals surface area contributed by atoms with Crippen molar-refractivity contribution >= 4 is 28.7 Å². The Hall–Kier alpha value is -1.93. The second-order valence-electron chi connectivity index (χ2n) is 4.48. The fourth-order valence-corrected chi connectivity index (χ4v) is 2.63. The highest BCUT2D eigenvalue weighted by Crippen LogP contribution is 2.40. The molecule has 9 heteroatoms. The summed E-state index contributed by atoms with van der Waals surface area (Å²) in [6.07, 6.45) is 1.50. The van der Waals surface area contributed by atoms with Gasteiger partial charge in [-0.05, 0) is 18.9 Å². The van der Waals surface area contributed by atoms with Gasteiger partial charge < -0.3 is 10.0 Å². The van der Waals surface area contributed by atoms with Crippen molar-refractivity contribution in [1.82, 2.24) is 0 Å². The van der Waals surface area contributed by atoms with Gasteiger partial charge in [-0.15, -0.1) is 0 Å². The zero-order valence-electron chi connectivity index (χ0n) is 10.4. The van der Waals surface area contributed by atoms with Crippen molar-refractivity contribution in [2.75, 3.05) is 18.1 Å². The normalized spacial score (nSPS) is 18.3. The molecule has 0 aromatic heterocycles. The predicted molar refractivity (Wildman–Crippen MR) is 72.2 cm³/mol. The Morgan fingerprint density at radius 2 is 1.95 bits per heavy atom. The number of aliphatic hydroxyl groups excluding tert-OH is 1. The maximum atomic E-state index is 11.1. The zero-order valence-corrected chi connectivity index (χ0v) is 11.1. The lowest BCUT2D eigenvalue weighted by Gasteiger charge is -2.24. The molecule has 1 heterocycles. The third kappa shape index (κ3) is 2.52. The molecule has 1 aliphatic heterocycles. The van der Waals surface area contributed by atoms with Crippen molar-refractivity contribution in [2.24, 2.45) is 0 Å². The lowest BCUT2D eigenvalue weighted by molar-refractivity contribution is -0.393. The summed E-state index contributed by atoms with van der Waals surface area (Å²) in [6.45, 7) is 0.409. The number of hydrogen-bond acceptors (Lipinski definition) is 6. The smallest absolute Gasteiger partial charge is 0.299 e. The summed E-state index contributed by atoms with van der Waals surface area (Å²) in [5, 5.41) is 31.0. The monoisotopic (exact) mass is 301 g/mol. The first kappa shape index (κ1) is 14.5. The Labute approximate surface area is 118 Å². The minimum Gasteiger partial charge on any atom is -0.394 e. The maximum absolute atomic E-state index is 11.1. The summed E-state index contributed by atoms with van der Waals surface area (Å²) in [6, 6.07) is 1.86. The first-order chi connectivity index (χ1) is 9.45. The highest BCUT2D eigenvalue weighted by Gasteiger charge is 2.32. The number of nitro benzene ring substituents is 2. The first-order valence-corrected chi connectivity index (χ1v) is 6.33. The third-order valence-electron chi connectivity index (χ3n) is 3.33. The molecule has 1 fully saturated rings. The van der Waals surface area contributed by atoms with Crippen LogP contribution in [0.15, 0.2) is 12.1 Å². The molecule has 0 saturated carbocycles. The molecule has 20 heavy (non-hydrogen) atoms. The van der Waals surface area contributed by atoms with Gasteiger partial charge in [0.05, 0.1) is 28.6 Å². The Balaban J connectivity index is 2.54. The highest BCUT2D eigenvalue weighted by molar-refractivity contribution is 6.33. The molecule has 1 aliphatic rings. The fourth-order valence-electron chi connectivity index (χ4n) is 2.40. The van der Waals surface area contributed by atoms with E-state index in [1.165, 1.54) is 6.07 Å². The molecule has 1 unspecified atom stereocenters. The standard InChI is InChI=1S/C11H12ClN3O5/c12-8-4-10(13-3-1-2-7(13)6-16)11(15(19)20)5-9(8)14(17)18/h4-5,7,16H,1-3,6H2. The second kappa shape index (κ2) is 5.59. The summed E-state index contributed by atoms with van der Waals surface area (Å²) in [5.74, 6) is 0. The summed E-state index contributed by atoms with van der Waals surface area (Å²) in [4.78, 5) is 22.1. The van der Waals surface area contributed by atoms with Crippen molar-refractivity contribution < 1.29 is 15.0 Å². The van der Waals surface area contributed by atoms with Crippen LogP contribution < -0.4 is 4.90 Å². The van der Waals surface area contributed by atoms with E-state index < -0.39 is 15.5 Å². The lowest BCUT2D eigenvalue weighted by Crippen LogP contribution is -2.32. The van der Waals surface area contributed by atoms with Crippen LogP contribution in [-0.2, 0) is 0 Å². The number of rotatable bonds is 4. The van der Waals surface area contributed by atoms with Crippen LogP contribution in [0, 0.1) is 20.2 Å². The van der Waals surface area contributed by atoms with E-state index in [1.54, 1.807) is 4.90 Å². The minimum absolute atomic E-state index is 0.133. The molecule has 2 rings (SSSR count). The number of hydrogen-bond donors (Lipinski definition) is 1. The minimum atomic E-state index is -0.757. The van der Waals surface area contributed by atoms with E-state index in [4.69, 9.17) is 11.6 Å². The summed E-state index contributed by atoms with van der Waals surface area (Å²) < 4.78 is 0. The van der Waals surface area contributed by atoms with E-state index >= 15 is 0 Å². The zero-order chi connectivity index (χ0) is 14.9. The number of nitro groups is 2. The molecule has 1 aromatic rings. The SMILES string of the molecule is O=[N+]([O-])c1cc([N+](=O)[O-])c(N2CCCC2CO)cc1Cl. The quantitative estimate of drug-likeness (QED) is 0.673. The Morgan fingerprint density at radius 3 is 2.50 bits per heavy atom. The largest absolute Gasteiger partial charge is 0.394 e. The van der Waals surface area contributed by atoms with E-state index in [1.807, 2.05) is 0 Å². The summed E-state index contributed by atoms with van der Waals surface area (Å²) in [7, 11) is 0. The van der Waals surface area contributed by atoms with Gasteiger partial charge in [0, 0.05) is 6.54 Å². The van der Waals surface area contributed by atoms with Crippen molar-refractivity contribution in [1.29, 1.82) is 0 Å². The van der Waals surface area contributed by atoms with Crippen molar-refractivity contribution in [3.8, 4) is 0 Å². The molecule has 0 amide bonds. The van der Waals surface area contributed by atoms with E-state index in [0.29, 0.717) is 13.0 Å². The van der Waals surface area contributed by atoms with E-state index in [9.17, 15) is 25.3 Å². The molecule has 0 radical (unpaired) electrons. The van der Waals surface area contributed by atoms with Crippen LogP contribution in [0.5, 0.6) is 0 Å².